The van der Waals surface area contributed by atoms with Gasteiger partial charge in [0.15, 0.2) is 0 Å². The minimum atomic E-state index is 0.0179. The Morgan fingerprint density at radius 3 is 2.59 bits per heavy atom. The van der Waals surface area contributed by atoms with Crippen LogP contribution in [-0.2, 0) is 0 Å². The van der Waals surface area contributed by atoms with E-state index < -0.39 is 0 Å². The number of nitrogens with zero attached hydrogens (tertiary/aromatic N) is 2. The van der Waals surface area contributed by atoms with Crippen LogP contribution in [0.1, 0.15) is 21.6 Å². The Labute approximate surface area is 105 Å². The van der Waals surface area contributed by atoms with E-state index in [0.717, 1.165) is 10.7 Å². The smallest absolute Gasteiger partial charge is 0.269 e. The van der Waals surface area contributed by atoms with Crippen molar-refractivity contribution >= 4 is 22.9 Å². The molecular weight excluding hydrogens is 232 g/mol. The van der Waals surface area contributed by atoms with Crippen molar-refractivity contribution in [3.8, 4) is 0 Å². The molecule has 3 nitrogen and oxygen atoms in total. The number of aryl methyl sites for hydroxylation is 1. The highest BCUT2D eigenvalue weighted by Gasteiger charge is 2.17. The van der Waals surface area contributed by atoms with Crippen LogP contribution in [0.15, 0.2) is 36.5 Å². The minimum Gasteiger partial charge on any atom is -0.308 e. The molecule has 0 bridgehead atoms. The molecule has 0 aliphatic carbocycles. The normalized spacial score (nSPS) is 10.2. The maximum Gasteiger partial charge on any atom is 0.269 e. The minimum absolute atomic E-state index is 0.0179. The van der Waals surface area contributed by atoms with Gasteiger partial charge in [0.2, 0.25) is 0 Å². The van der Waals surface area contributed by atoms with Crippen molar-refractivity contribution in [3.63, 3.8) is 0 Å². The molecule has 0 aliphatic heterocycles. The monoisotopic (exact) mass is 246 g/mol. The lowest BCUT2D eigenvalue weighted by molar-refractivity contribution is 0.0992. The molecule has 1 amide bonds. The van der Waals surface area contributed by atoms with Gasteiger partial charge in [-0.05, 0) is 26.0 Å². The van der Waals surface area contributed by atoms with Crippen LogP contribution in [0.4, 0.5) is 5.69 Å². The van der Waals surface area contributed by atoms with Crippen LogP contribution in [0, 0.1) is 6.92 Å². The number of para-hydroxylation sites is 1. The number of hydrogen-bond donors (Lipinski definition) is 0. The Bertz CT molecular complexity index is 507. The number of thiazole rings is 1. The Morgan fingerprint density at radius 1 is 1.35 bits per heavy atom. The standard InChI is InChI=1S/C13H14N2OS/c1-3-15(11-7-5-4-6-8-11)13(16)12-9-14-10(2)17-12/h4-9H,3H2,1-2H3. The average molecular weight is 246 g/mol. The zero-order chi connectivity index (χ0) is 12.3. The van der Waals surface area contributed by atoms with Crippen LogP contribution in [0.2, 0.25) is 0 Å². The summed E-state index contributed by atoms with van der Waals surface area (Å²) >= 11 is 1.43. The summed E-state index contributed by atoms with van der Waals surface area (Å²) in [5, 5.41) is 0.914. The predicted octanol–water partition coefficient (Wildman–Crippen LogP) is 3.12. The molecule has 4 heteroatoms. The molecule has 0 saturated carbocycles. The van der Waals surface area contributed by atoms with Crippen LogP contribution >= 0.6 is 11.3 Å². The quantitative estimate of drug-likeness (QED) is 0.833. The van der Waals surface area contributed by atoms with E-state index in [4.69, 9.17) is 0 Å². The van der Waals surface area contributed by atoms with Gasteiger partial charge in [-0.3, -0.25) is 4.79 Å². The Balaban J connectivity index is 2.28. The number of aromatic nitrogens is 1. The van der Waals surface area contributed by atoms with Gasteiger partial charge in [-0.1, -0.05) is 18.2 Å². The van der Waals surface area contributed by atoms with Crippen molar-refractivity contribution in [1.82, 2.24) is 4.98 Å². The van der Waals surface area contributed by atoms with Crippen LogP contribution in [0.25, 0.3) is 0 Å². The summed E-state index contributed by atoms with van der Waals surface area (Å²) in [6, 6.07) is 9.69. The molecule has 0 aliphatic rings. The second kappa shape index (κ2) is 5.10. The van der Waals surface area contributed by atoms with Gasteiger partial charge in [0.25, 0.3) is 5.91 Å². The van der Waals surface area contributed by atoms with Gasteiger partial charge in [-0.25, -0.2) is 4.98 Å². The van der Waals surface area contributed by atoms with Crippen LogP contribution in [0.3, 0.4) is 0 Å². The molecule has 2 aromatic rings. The van der Waals surface area contributed by atoms with E-state index in [-0.39, 0.29) is 5.91 Å². The van der Waals surface area contributed by atoms with Gasteiger partial charge in [0, 0.05) is 12.2 Å². The molecule has 88 valence electrons. The number of amides is 1. The van der Waals surface area contributed by atoms with E-state index in [0.29, 0.717) is 11.4 Å². The van der Waals surface area contributed by atoms with Gasteiger partial charge in [-0.2, -0.15) is 0 Å². The molecule has 17 heavy (non-hydrogen) atoms. The Kier molecular flexibility index (Phi) is 3.54. The maximum atomic E-state index is 12.3. The highest BCUT2D eigenvalue weighted by Crippen LogP contribution is 2.19. The van der Waals surface area contributed by atoms with Gasteiger partial charge in [0.05, 0.1) is 11.2 Å². The molecule has 2 rings (SSSR count). The zero-order valence-corrected chi connectivity index (χ0v) is 10.7. The van der Waals surface area contributed by atoms with Crippen LogP contribution in [0.5, 0.6) is 0 Å². The van der Waals surface area contributed by atoms with Crippen molar-refractivity contribution in [2.45, 2.75) is 13.8 Å². The summed E-state index contributed by atoms with van der Waals surface area (Å²) < 4.78 is 0. The molecule has 0 radical (unpaired) electrons. The Morgan fingerprint density at radius 2 is 2.06 bits per heavy atom. The van der Waals surface area contributed by atoms with Crippen molar-refractivity contribution in [2.24, 2.45) is 0 Å². The van der Waals surface area contributed by atoms with Gasteiger partial charge >= 0.3 is 0 Å². The maximum absolute atomic E-state index is 12.3. The number of benzene rings is 1. The SMILES string of the molecule is CCN(C(=O)c1cnc(C)s1)c1ccccc1. The molecule has 1 aromatic carbocycles. The lowest BCUT2D eigenvalue weighted by Crippen LogP contribution is -2.29. The number of carbonyl (C=O) groups excluding carboxylic acids is 1. The molecule has 0 N–H and O–H groups in total. The fraction of sp³-hybridized carbons (Fsp3) is 0.231. The molecule has 0 spiro atoms. The average Bonchev–Trinajstić information content (AvgIpc) is 2.78. The first kappa shape index (κ1) is 11.8. The molecule has 0 fully saturated rings. The summed E-state index contributed by atoms with van der Waals surface area (Å²) in [5.74, 6) is 0.0179. The van der Waals surface area contributed by atoms with Gasteiger partial charge in [-0.15, -0.1) is 11.3 Å². The van der Waals surface area contributed by atoms with Crippen LogP contribution < -0.4 is 4.90 Å². The molecule has 0 unspecified atom stereocenters. The number of anilines is 1. The zero-order valence-electron chi connectivity index (χ0n) is 9.88. The van der Waals surface area contributed by atoms with E-state index in [1.54, 1.807) is 11.1 Å². The lowest BCUT2D eigenvalue weighted by Gasteiger charge is -2.19. The van der Waals surface area contributed by atoms with E-state index >= 15 is 0 Å². The molecule has 0 atom stereocenters. The second-order valence-corrected chi connectivity index (χ2v) is 4.86. The van der Waals surface area contributed by atoms with Crippen molar-refractivity contribution in [3.05, 3.63) is 46.4 Å². The highest BCUT2D eigenvalue weighted by molar-refractivity contribution is 7.13. The summed E-state index contributed by atoms with van der Waals surface area (Å²) in [6.45, 7) is 4.53. The molecule has 0 saturated heterocycles. The third kappa shape index (κ3) is 2.53. The van der Waals surface area contributed by atoms with Crippen molar-refractivity contribution in [1.29, 1.82) is 0 Å². The van der Waals surface area contributed by atoms with Gasteiger partial charge in [0.1, 0.15) is 4.88 Å². The first-order valence-corrected chi connectivity index (χ1v) is 6.33. The summed E-state index contributed by atoms with van der Waals surface area (Å²) in [5.41, 5.74) is 0.922. The lowest BCUT2D eigenvalue weighted by atomic mass is 10.3. The van der Waals surface area contributed by atoms with E-state index in [9.17, 15) is 4.79 Å². The van der Waals surface area contributed by atoms with E-state index in [2.05, 4.69) is 4.98 Å². The van der Waals surface area contributed by atoms with Crippen molar-refractivity contribution < 1.29 is 4.79 Å². The van der Waals surface area contributed by atoms with Crippen LogP contribution in [-0.4, -0.2) is 17.4 Å². The largest absolute Gasteiger partial charge is 0.308 e. The summed E-state index contributed by atoms with van der Waals surface area (Å²) in [7, 11) is 0. The van der Waals surface area contributed by atoms with E-state index in [1.165, 1.54) is 11.3 Å². The fourth-order valence-electron chi connectivity index (χ4n) is 1.64. The predicted molar refractivity (Wildman–Crippen MR) is 70.6 cm³/mol. The number of carbonyl (C=O) groups is 1. The van der Waals surface area contributed by atoms with Gasteiger partial charge < -0.3 is 4.90 Å². The molecular formula is C13H14N2OS. The second-order valence-electron chi connectivity index (χ2n) is 3.63. The topological polar surface area (TPSA) is 33.2 Å². The Hall–Kier alpha value is -1.68. The number of hydrogen-bond acceptors (Lipinski definition) is 3. The molecule has 1 heterocycles. The first-order chi connectivity index (χ1) is 8.22. The third-order valence-corrected chi connectivity index (χ3v) is 3.36. The highest BCUT2D eigenvalue weighted by atomic mass is 32.1. The molecule has 1 aromatic heterocycles. The summed E-state index contributed by atoms with van der Waals surface area (Å²) in [4.78, 5) is 18.9. The fourth-order valence-corrected chi connectivity index (χ4v) is 2.37. The summed E-state index contributed by atoms with van der Waals surface area (Å²) in [6.07, 6.45) is 1.65. The number of rotatable bonds is 3. The third-order valence-electron chi connectivity index (χ3n) is 2.46. The van der Waals surface area contributed by atoms with Crippen molar-refractivity contribution in [2.75, 3.05) is 11.4 Å². The first-order valence-electron chi connectivity index (χ1n) is 5.51. The van der Waals surface area contributed by atoms with E-state index in [1.807, 2.05) is 44.2 Å².